The predicted octanol–water partition coefficient (Wildman–Crippen LogP) is 3.66. The molecule has 2 heterocycles. The van der Waals surface area contributed by atoms with Crippen LogP contribution in [0.3, 0.4) is 0 Å². The average Bonchev–Trinajstić information content (AvgIpc) is 2.87. The maximum absolute atomic E-state index is 12.4. The molecule has 1 amide bonds. The van der Waals surface area contributed by atoms with Crippen LogP contribution in [0.4, 0.5) is 5.69 Å². The number of halogens is 1. The van der Waals surface area contributed by atoms with Crippen molar-refractivity contribution in [2.24, 2.45) is 0 Å². The molecule has 0 saturated heterocycles. The summed E-state index contributed by atoms with van der Waals surface area (Å²) in [6, 6.07) is 11.5. The van der Waals surface area contributed by atoms with Crippen molar-refractivity contribution in [1.82, 2.24) is 9.61 Å². The number of fused-ring (bicyclic) bond motifs is 1. The standard InChI is InChI=1S/C15H12BrN3O/c1-10-5-6-12(16)13(8-10)18-15(20)11-9-17-19-7-3-2-4-14(11)19/h2-9H,1H3,(H,18,20). The van der Waals surface area contributed by atoms with Crippen LogP contribution in [-0.2, 0) is 0 Å². The molecular weight excluding hydrogens is 318 g/mol. The van der Waals surface area contributed by atoms with Gasteiger partial charge in [0.05, 0.1) is 23.0 Å². The second-order valence-corrected chi connectivity index (χ2v) is 5.38. The van der Waals surface area contributed by atoms with Crippen LogP contribution in [0.5, 0.6) is 0 Å². The molecule has 3 aromatic rings. The van der Waals surface area contributed by atoms with Crippen molar-refractivity contribution in [3.63, 3.8) is 0 Å². The van der Waals surface area contributed by atoms with Crippen molar-refractivity contribution >= 4 is 33.0 Å². The van der Waals surface area contributed by atoms with E-state index in [-0.39, 0.29) is 5.91 Å². The van der Waals surface area contributed by atoms with E-state index < -0.39 is 0 Å². The molecule has 0 radical (unpaired) electrons. The first-order valence-electron chi connectivity index (χ1n) is 6.15. The number of benzene rings is 1. The fourth-order valence-electron chi connectivity index (χ4n) is 2.03. The summed E-state index contributed by atoms with van der Waals surface area (Å²) in [5.74, 6) is -0.169. The number of hydrogen-bond donors (Lipinski definition) is 1. The van der Waals surface area contributed by atoms with Crippen LogP contribution in [0.15, 0.2) is 53.3 Å². The molecule has 1 N–H and O–H groups in total. The highest BCUT2D eigenvalue weighted by Gasteiger charge is 2.13. The van der Waals surface area contributed by atoms with Crippen LogP contribution in [0.1, 0.15) is 15.9 Å². The number of hydrogen-bond acceptors (Lipinski definition) is 2. The molecule has 0 fully saturated rings. The lowest BCUT2D eigenvalue weighted by molar-refractivity contribution is 0.102. The van der Waals surface area contributed by atoms with Crippen LogP contribution in [0.25, 0.3) is 5.52 Å². The normalized spacial score (nSPS) is 10.7. The summed E-state index contributed by atoms with van der Waals surface area (Å²) in [4.78, 5) is 12.4. The van der Waals surface area contributed by atoms with Gasteiger partial charge in [0.2, 0.25) is 0 Å². The smallest absolute Gasteiger partial charge is 0.259 e. The molecule has 0 aliphatic heterocycles. The number of carbonyl (C=O) groups is 1. The second kappa shape index (κ2) is 5.09. The van der Waals surface area contributed by atoms with Crippen LogP contribution in [0, 0.1) is 6.92 Å². The first-order chi connectivity index (χ1) is 9.65. The number of nitrogens with one attached hydrogen (secondary N) is 1. The maximum Gasteiger partial charge on any atom is 0.259 e. The van der Waals surface area contributed by atoms with Crippen molar-refractivity contribution in [3.8, 4) is 0 Å². The third-order valence-corrected chi connectivity index (χ3v) is 3.73. The lowest BCUT2D eigenvalue weighted by atomic mass is 10.2. The van der Waals surface area contributed by atoms with E-state index in [1.54, 1.807) is 10.7 Å². The van der Waals surface area contributed by atoms with Crippen molar-refractivity contribution in [2.45, 2.75) is 6.92 Å². The van der Waals surface area contributed by atoms with Gasteiger partial charge in [-0.25, -0.2) is 4.52 Å². The Hall–Kier alpha value is -2.14. The van der Waals surface area contributed by atoms with E-state index in [9.17, 15) is 4.79 Å². The summed E-state index contributed by atoms with van der Waals surface area (Å²) in [5.41, 5.74) is 3.18. The van der Waals surface area contributed by atoms with Gasteiger partial charge in [-0.05, 0) is 52.7 Å². The highest BCUT2D eigenvalue weighted by atomic mass is 79.9. The number of anilines is 1. The first-order valence-corrected chi connectivity index (χ1v) is 6.94. The first kappa shape index (κ1) is 12.9. The van der Waals surface area contributed by atoms with E-state index in [1.165, 1.54) is 0 Å². The Morgan fingerprint density at radius 1 is 1.30 bits per heavy atom. The second-order valence-electron chi connectivity index (χ2n) is 4.53. The Labute approximate surface area is 124 Å². The van der Waals surface area contributed by atoms with Crippen molar-refractivity contribution in [2.75, 3.05) is 5.32 Å². The van der Waals surface area contributed by atoms with Gasteiger partial charge in [0.1, 0.15) is 0 Å². The van der Waals surface area contributed by atoms with Crippen LogP contribution in [0.2, 0.25) is 0 Å². The van der Waals surface area contributed by atoms with Gasteiger partial charge in [-0.15, -0.1) is 0 Å². The molecule has 0 bridgehead atoms. The summed E-state index contributed by atoms with van der Waals surface area (Å²) in [6.07, 6.45) is 3.39. The molecule has 0 aliphatic carbocycles. The minimum atomic E-state index is -0.169. The number of aromatic nitrogens is 2. The number of amides is 1. The molecule has 0 atom stereocenters. The Morgan fingerprint density at radius 2 is 2.15 bits per heavy atom. The zero-order chi connectivity index (χ0) is 14.1. The highest BCUT2D eigenvalue weighted by molar-refractivity contribution is 9.10. The number of carbonyl (C=O) groups excluding carboxylic acids is 1. The number of aryl methyl sites for hydroxylation is 1. The molecule has 2 aromatic heterocycles. The van der Waals surface area contributed by atoms with Crippen LogP contribution < -0.4 is 5.32 Å². The number of rotatable bonds is 2. The molecule has 5 heteroatoms. The summed E-state index contributed by atoms with van der Waals surface area (Å²) in [7, 11) is 0. The fourth-order valence-corrected chi connectivity index (χ4v) is 2.38. The topological polar surface area (TPSA) is 46.4 Å². The minimum Gasteiger partial charge on any atom is -0.321 e. The van der Waals surface area contributed by atoms with Gasteiger partial charge >= 0.3 is 0 Å². The predicted molar refractivity (Wildman–Crippen MR) is 82.0 cm³/mol. The van der Waals surface area contributed by atoms with Gasteiger partial charge in [-0.2, -0.15) is 5.10 Å². The molecule has 0 spiro atoms. The zero-order valence-corrected chi connectivity index (χ0v) is 12.4. The van der Waals surface area contributed by atoms with E-state index in [1.807, 2.05) is 49.5 Å². The largest absolute Gasteiger partial charge is 0.321 e. The maximum atomic E-state index is 12.4. The minimum absolute atomic E-state index is 0.169. The summed E-state index contributed by atoms with van der Waals surface area (Å²) >= 11 is 3.44. The fraction of sp³-hybridized carbons (Fsp3) is 0.0667. The molecular formula is C15H12BrN3O. The molecule has 4 nitrogen and oxygen atoms in total. The zero-order valence-electron chi connectivity index (χ0n) is 10.8. The summed E-state index contributed by atoms with van der Waals surface area (Å²) in [6.45, 7) is 1.98. The summed E-state index contributed by atoms with van der Waals surface area (Å²) < 4.78 is 2.54. The molecule has 0 unspecified atom stereocenters. The Balaban J connectivity index is 1.95. The molecule has 100 valence electrons. The number of pyridine rings is 1. The van der Waals surface area contributed by atoms with Crippen molar-refractivity contribution < 1.29 is 4.79 Å². The van der Waals surface area contributed by atoms with Gasteiger partial charge in [0, 0.05) is 10.7 Å². The molecule has 20 heavy (non-hydrogen) atoms. The molecule has 0 saturated carbocycles. The molecule has 0 aliphatic rings. The summed E-state index contributed by atoms with van der Waals surface area (Å²) in [5, 5.41) is 7.07. The third kappa shape index (κ3) is 2.32. The van der Waals surface area contributed by atoms with E-state index in [2.05, 4.69) is 26.3 Å². The van der Waals surface area contributed by atoms with Crippen LogP contribution in [-0.4, -0.2) is 15.5 Å². The van der Waals surface area contributed by atoms with Crippen LogP contribution >= 0.6 is 15.9 Å². The number of nitrogens with zero attached hydrogens (tertiary/aromatic N) is 2. The van der Waals surface area contributed by atoms with E-state index in [0.717, 1.165) is 21.2 Å². The van der Waals surface area contributed by atoms with Crippen molar-refractivity contribution in [3.05, 3.63) is 64.4 Å². The van der Waals surface area contributed by atoms with Gasteiger partial charge < -0.3 is 5.32 Å². The highest BCUT2D eigenvalue weighted by Crippen LogP contribution is 2.24. The van der Waals surface area contributed by atoms with E-state index in [0.29, 0.717) is 5.56 Å². The molecule has 3 rings (SSSR count). The third-order valence-electron chi connectivity index (χ3n) is 3.04. The van der Waals surface area contributed by atoms with Gasteiger partial charge in [-0.1, -0.05) is 12.1 Å². The SMILES string of the molecule is Cc1ccc(Br)c(NC(=O)c2cnn3ccccc23)c1. The lowest BCUT2D eigenvalue weighted by Crippen LogP contribution is -2.12. The Bertz CT molecular complexity index is 795. The van der Waals surface area contributed by atoms with Gasteiger partial charge in [0.25, 0.3) is 5.91 Å². The van der Waals surface area contributed by atoms with Gasteiger partial charge in [0.15, 0.2) is 0 Å². The monoisotopic (exact) mass is 329 g/mol. The van der Waals surface area contributed by atoms with E-state index in [4.69, 9.17) is 0 Å². The van der Waals surface area contributed by atoms with Crippen molar-refractivity contribution in [1.29, 1.82) is 0 Å². The van der Waals surface area contributed by atoms with Gasteiger partial charge in [-0.3, -0.25) is 4.79 Å². The molecule has 1 aromatic carbocycles. The Kier molecular flexibility index (Phi) is 3.28. The Morgan fingerprint density at radius 3 is 3.00 bits per heavy atom. The quantitative estimate of drug-likeness (QED) is 0.779. The van der Waals surface area contributed by atoms with E-state index >= 15 is 0 Å². The lowest BCUT2D eigenvalue weighted by Gasteiger charge is -2.07. The average molecular weight is 330 g/mol.